The fourth-order valence-corrected chi connectivity index (χ4v) is 9.41. The lowest BCUT2D eigenvalue weighted by atomic mass is 9.77. The van der Waals surface area contributed by atoms with Crippen molar-refractivity contribution in [2.24, 2.45) is 12.8 Å². The van der Waals surface area contributed by atoms with E-state index in [1.807, 2.05) is 41.8 Å². The van der Waals surface area contributed by atoms with Crippen LogP contribution in [0.1, 0.15) is 91.4 Å². The molecule has 3 aromatic rings. The molecular weight excluding hydrogens is 683 g/mol. The average molecular weight is 744 g/mol. The van der Waals surface area contributed by atoms with Crippen LogP contribution in [0.5, 0.6) is 5.75 Å². The van der Waals surface area contributed by atoms with E-state index in [0.29, 0.717) is 49.1 Å². The summed E-state index contributed by atoms with van der Waals surface area (Å²) in [6, 6.07) is 8.34. The van der Waals surface area contributed by atoms with Gasteiger partial charge in [0.1, 0.15) is 11.4 Å². The summed E-state index contributed by atoms with van der Waals surface area (Å²) in [5.74, 6) is -0.971. The third-order valence-electron chi connectivity index (χ3n) is 12.2. The summed E-state index contributed by atoms with van der Waals surface area (Å²) in [6.45, 7) is 19.2. The zero-order valence-electron chi connectivity index (χ0n) is 33.7. The lowest BCUT2D eigenvalue weighted by Crippen LogP contribution is -2.52. The molecule has 3 N–H and O–H groups in total. The molecule has 0 radical (unpaired) electrons. The number of para-hydroxylation sites is 1. The predicted molar refractivity (Wildman–Crippen MR) is 213 cm³/mol. The highest BCUT2D eigenvalue weighted by Gasteiger charge is 2.36. The van der Waals surface area contributed by atoms with E-state index in [0.717, 1.165) is 98.2 Å². The molecule has 12 heteroatoms. The Morgan fingerprint density at radius 2 is 1.65 bits per heavy atom. The van der Waals surface area contributed by atoms with Gasteiger partial charge in [-0.05, 0) is 74.1 Å². The number of piperazine rings is 1. The van der Waals surface area contributed by atoms with E-state index < -0.39 is 17.3 Å². The molecule has 4 heterocycles. The molecule has 3 aliphatic rings. The van der Waals surface area contributed by atoms with Crippen molar-refractivity contribution in [2.45, 2.75) is 84.5 Å². The number of aromatic nitrogens is 1. The highest BCUT2D eigenvalue weighted by atomic mass is 16.5. The van der Waals surface area contributed by atoms with Gasteiger partial charge in [-0.1, -0.05) is 52.8 Å². The average Bonchev–Trinajstić information content (AvgIpc) is 3.85. The van der Waals surface area contributed by atoms with Crippen molar-refractivity contribution in [3.05, 3.63) is 52.2 Å². The van der Waals surface area contributed by atoms with E-state index in [1.165, 1.54) is 0 Å². The van der Waals surface area contributed by atoms with Gasteiger partial charge in [0, 0.05) is 82.0 Å². The van der Waals surface area contributed by atoms with Crippen LogP contribution in [0.15, 0.2) is 24.3 Å². The Labute approximate surface area is 320 Å². The lowest BCUT2D eigenvalue weighted by Gasteiger charge is -2.37. The number of methoxy groups -OCH3 is 1. The maximum Gasteiger partial charge on any atom is 0.353 e. The molecule has 0 bridgehead atoms. The smallest absolute Gasteiger partial charge is 0.353 e. The van der Waals surface area contributed by atoms with E-state index in [9.17, 15) is 19.5 Å². The van der Waals surface area contributed by atoms with Crippen molar-refractivity contribution >= 4 is 28.7 Å². The van der Waals surface area contributed by atoms with Crippen LogP contribution in [0.3, 0.4) is 0 Å². The highest BCUT2D eigenvalue weighted by Crippen LogP contribution is 2.47. The van der Waals surface area contributed by atoms with Gasteiger partial charge >= 0.3 is 5.97 Å². The first-order valence-corrected chi connectivity index (χ1v) is 19.8. The molecule has 2 atom stereocenters. The Bertz CT molecular complexity index is 1890. The van der Waals surface area contributed by atoms with E-state index >= 15 is 0 Å². The molecule has 3 aliphatic heterocycles. The number of fused-ring (bicyclic) bond motifs is 1. The van der Waals surface area contributed by atoms with Crippen molar-refractivity contribution in [3.8, 4) is 16.9 Å². The molecule has 0 spiro atoms. The fraction of sp³-hybridized carbons (Fsp3) is 0.595. The molecule has 3 fully saturated rings. The van der Waals surface area contributed by atoms with Crippen molar-refractivity contribution < 1.29 is 24.2 Å². The number of amides is 2. The zero-order valence-corrected chi connectivity index (χ0v) is 33.7. The Balaban J connectivity index is 1.45. The zero-order chi connectivity index (χ0) is 39.1. The van der Waals surface area contributed by atoms with Crippen LogP contribution in [-0.4, -0.2) is 137 Å². The first-order chi connectivity index (χ1) is 25.7. The number of likely N-dealkylation sites (N-methyl/N-ethyl adjacent to an activating group) is 2. The number of carboxylic acid groups (broad SMARTS) is 1. The van der Waals surface area contributed by atoms with E-state index in [2.05, 4.69) is 60.3 Å². The number of primary amides is 1. The number of nitrogens with zero attached hydrogens (tertiary/aromatic N) is 6. The second-order valence-electron chi connectivity index (χ2n) is 16.5. The SMILES string of the molecule is CCN(CC)C1CCN(Cc2c(OC)c(C(N)=O)cc(C(C)(C)C)c2-c2c(C(=O)O)n(C)c3c(CN4CCN(C(=O)[C@@H]5CCCN5C)CC4)cccc23)C1. The van der Waals surface area contributed by atoms with Crippen LogP contribution >= 0.6 is 0 Å². The van der Waals surface area contributed by atoms with Gasteiger partial charge in [-0.15, -0.1) is 0 Å². The molecule has 12 nitrogen and oxygen atoms in total. The third-order valence-corrected chi connectivity index (χ3v) is 12.2. The Kier molecular flexibility index (Phi) is 11.8. The molecule has 1 aromatic heterocycles. The van der Waals surface area contributed by atoms with Gasteiger partial charge in [-0.3, -0.25) is 29.2 Å². The lowest BCUT2D eigenvalue weighted by molar-refractivity contribution is -0.137. The standard InChI is InChI=1S/C42H61N7O5/c1-9-48(10-2)28-16-18-47(25-28)26-31-34(32(42(3,4)5)23-30(39(43)50)38(31)54-8)35-29-14-11-13-27(36(29)45(7)37(35)41(52)53)24-46-19-21-49(22-20-46)40(51)33-15-12-17-44(33)6/h11,13-14,23,28,33H,9-10,12,15-22,24-26H2,1-8H3,(H2,43,50)(H,52,53)/t28?,33-/m0/s1. The van der Waals surface area contributed by atoms with E-state index in [-0.39, 0.29) is 17.6 Å². The van der Waals surface area contributed by atoms with E-state index in [4.69, 9.17) is 10.5 Å². The summed E-state index contributed by atoms with van der Waals surface area (Å²) in [5.41, 5.74) is 11.0. The number of carbonyl (C=O) groups is 3. The number of aromatic carboxylic acids is 1. The number of hydrogen-bond acceptors (Lipinski definition) is 8. The number of benzene rings is 2. The van der Waals surface area contributed by atoms with Gasteiger partial charge in [0.05, 0.1) is 24.2 Å². The first kappa shape index (κ1) is 39.7. The largest absolute Gasteiger partial charge is 0.496 e. The number of carboxylic acids is 1. The summed E-state index contributed by atoms with van der Waals surface area (Å²) < 4.78 is 7.90. The van der Waals surface area contributed by atoms with Crippen LogP contribution in [0.4, 0.5) is 0 Å². The van der Waals surface area contributed by atoms with Crippen molar-refractivity contribution in [2.75, 3.05) is 73.1 Å². The molecule has 2 amide bonds. The summed E-state index contributed by atoms with van der Waals surface area (Å²) in [6.07, 6.45) is 3.01. The number of nitrogens with two attached hydrogens (primary N) is 1. The molecule has 0 saturated carbocycles. The quantitative estimate of drug-likeness (QED) is 0.274. The topological polar surface area (TPSA) is 128 Å². The van der Waals surface area contributed by atoms with Gasteiger partial charge < -0.3 is 25.0 Å². The minimum absolute atomic E-state index is 0.0191. The third kappa shape index (κ3) is 7.50. The minimum atomic E-state index is -1.02. The summed E-state index contributed by atoms with van der Waals surface area (Å²) in [7, 11) is 5.44. The Morgan fingerprint density at radius 3 is 2.22 bits per heavy atom. The monoisotopic (exact) mass is 743 g/mol. The van der Waals surface area contributed by atoms with Crippen molar-refractivity contribution in [3.63, 3.8) is 0 Å². The van der Waals surface area contributed by atoms with Gasteiger partial charge in [0.15, 0.2) is 0 Å². The maximum absolute atomic E-state index is 13.5. The van der Waals surface area contributed by atoms with Gasteiger partial charge in [0.2, 0.25) is 5.91 Å². The number of aryl methyl sites for hydroxylation is 1. The molecule has 54 heavy (non-hydrogen) atoms. The van der Waals surface area contributed by atoms with Crippen molar-refractivity contribution in [1.82, 2.24) is 29.1 Å². The molecule has 0 aliphatic carbocycles. The van der Waals surface area contributed by atoms with Crippen molar-refractivity contribution in [1.29, 1.82) is 0 Å². The van der Waals surface area contributed by atoms with Gasteiger partial charge in [0.25, 0.3) is 5.91 Å². The first-order valence-electron chi connectivity index (χ1n) is 19.8. The number of ether oxygens (including phenoxy) is 1. The molecule has 6 rings (SSSR count). The second-order valence-corrected chi connectivity index (χ2v) is 16.5. The summed E-state index contributed by atoms with van der Waals surface area (Å²) in [5, 5.41) is 11.8. The highest BCUT2D eigenvalue weighted by molar-refractivity contribution is 6.11. The number of rotatable bonds is 12. The molecular formula is C42H61N7O5. The van der Waals surface area contributed by atoms with Crippen LogP contribution in [0, 0.1) is 0 Å². The molecule has 294 valence electrons. The number of likely N-dealkylation sites (tertiary alicyclic amines) is 2. The van der Waals surface area contributed by atoms with Crippen LogP contribution in [0.2, 0.25) is 0 Å². The van der Waals surface area contributed by atoms with Crippen LogP contribution < -0.4 is 10.5 Å². The van der Waals surface area contributed by atoms with E-state index in [1.54, 1.807) is 7.11 Å². The molecule has 3 saturated heterocycles. The second kappa shape index (κ2) is 16.0. The predicted octanol–water partition coefficient (Wildman–Crippen LogP) is 4.60. The maximum atomic E-state index is 13.5. The van der Waals surface area contributed by atoms with Gasteiger partial charge in [-0.25, -0.2) is 4.79 Å². The summed E-state index contributed by atoms with van der Waals surface area (Å²) in [4.78, 5) is 51.3. The number of hydrogen-bond donors (Lipinski definition) is 2. The molecule has 1 unspecified atom stereocenters. The summed E-state index contributed by atoms with van der Waals surface area (Å²) >= 11 is 0. The Morgan fingerprint density at radius 1 is 0.944 bits per heavy atom. The normalized spacial score (nSPS) is 20.4. The van der Waals surface area contributed by atoms with Crippen LogP contribution in [-0.2, 0) is 30.3 Å². The van der Waals surface area contributed by atoms with Gasteiger partial charge in [-0.2, -0.15) is 0 Å². The molecule has 2 aromatic carbocycles. The number of carbonyl (C=O) groups excluding carboxylic acids is 2. The fourth-order valence-electron chi connectivity index (χ4n) is 9.41. The minimum Gasteiger partial charge on any atom is -0.496 e. The Hall–Kier alpha value is -3.97. The van der Waals surface area contributed by atoms with Crippen LogP contribution in [0.25, 0.3) is 22.0 Å².